The zero-order valence-corrected chi connectivity index (χ0v) is 27.5. The van der Waals surface area contributed by atoms with Crippen molar-refractivity contribution in [2.24, 2.45) is 0 Å². The molecule has 6 rings (SSSR count). The van der Waals surface area contributed by atoms with Crippen LogP contribution in [0, 0.1) is 20.8 Å². The number of hydrogen-bond donors (Lipinski definition) is 2. The van der Waals surface area contributed by atoms with Crippen molar-refractivity contribution in [3.8, 4) is 11.1 Å². The van der Waals surface area contributed by atoms with Gasteiger partial charge in [0.25, 0.3) is 10.0 Å². The van der Waals surface area contributed by atoms with Crippen molar-refractivity contribution >= 4 is 60.5 Å². The number of rotatable bonds is 8. The number of benzene rings is 2. The summed E-state index contributed by atoms with van der Waals surface area (Å²) in [5.74, 6) is 0.932. The van der Waals surface area contributed by atoms with Gasteiger partial charge in [0.1, 0.15) is 22.8 Å². The van der Waals surface area contributed by atoms with Crippen LogP contribution < -0.4 is 9.62 Å². The summed E-state index contributed by atoms with van der Waals surface area (Å²) in [6.07, 6.45) is 4.93. The number of aromatic amines is 1. The summed E-state index contributed by atoms with van der Waals surface area (Å²) in [6.45, 7) is 11.5. The third kappa shape index (κ3) is 6.04. The summed E-state index contributed by atoms with van der Waals surface area (Å²) < 4.78 is 28.2. The number of H-pyrrole nitrogens is 1. The maximum atomic E-state index is 12.8. The summed E-state index contributed by atoms with van der Waals surface area (Å²) >= 11 is 7.07. The first-order chi connectivity index (χ1) is 21.1. The van der Waals surface area contributed by atoms with E-state index in [1.54, 1.807) is 18.5 Å². The van der Waals surface area contributed by atoms with Crippen LogP contribution in [0.1, 0.15) is 34.2 Å². The molecule has 0 spiro atoms. The molecule has 0 radical (unpaired) electrons. The van der Waals surface area contributed by atoms with Gasteiger partial charge in [-0.25, -0.2) is 18.4 Å². The number of thiocarbonyl (C=S) groups is 1. The lowest BCUT2D eigenvalue weighted by molar-refractivity contribution is 0.386. The van der Waals surface area contributed by atoms with E-state index in [0.29, 0.717) is 12.8 Å². The van der Waals surface area contributed by atoms with E-state index in [9.17, 15) is 8.42 Å². The number of nitrogens with zero attached hydrogens (tertiary/aromatic N) is 6. The molecule has 0 amide bonds. The number of anilines is 2. The van der Waals surface area contributed by atoms with Crippen molar-refractivity contribution in [3.05, 3.63) is 76.2 Å². The highest BCUT2D eigenvalue weighted by Crippen LogP contribution is 2.37. The third-order valence-corrected chi connectivity index (χ3v) is 10.8. The smallest absolute Gasteiger partial charge is 0.263 e. The molecule has 1 aliphatic rings. The van der Waals surface area contributed by atoms with Gasteiger partial charge in [-0.3, -0.25) is 4.72 Å². The molecule has 10 nitrogen and oxygen atoms in total. The minimum atomic E-state index is -3.75. The molecular weight excluding hydrogens is 613 g/mol. The monoisotopic (exact) mass is 646 g/mol. The van der Waals surface area contributed by atoms with E-state index in [0.717, 1.165) is 64.2 Å². The van der Waals surface area contributed by atoms with Crippen molar-refractivity contribution in [2.45, 2.75) is 45.4 Å². The quantitative estimate of drug-likeness (QED) is 0.212. The van der Waals surface area contributed by atoms with Crippen molar-refractivity contribution in [1.82, 2.24) is 30.0 Å². The average molecular weight is 647 g/mol. The van der Waals surface area contributed by atoms with Gasteiger partial charge in [-0.05, 0) is 61.6 Å². The second kappa shape index (κ2) is 12.2. The standard InChI is InChI=1S/C31H34N8O2S3/c1-5-25-35-36-31(43-25)37-44(40,41)23-8-6-22(7-9-23)16-26(42)38-10-12-39(13-11-38)30-28-24(17-32-29(28)33-18-34-30)27-20(3)14-19(2)15-21(27)4/h6-9,14-15,17-18H,5,10-13,16H2,1-4H3,(H,36,37)(H,32,33,34). The van der Waals surface area contributed by atoms with Crippen molar-refractivity contribution in [3.63, 3.8) is 0 Å². The molecule has 0 saturated carbocycles. The molecule has 0 unspecified atom stereocenters. The zero-order valence-electron chi connectivity index (χ0n) is 25.1. The van der Waals surface area contributed by atoms with Gasteiger partial charge < -0.3 is 14.8 Å². The molecule has 13 heteroatoms. The highest BCUT2D eigenvalue weighted by Gasteiger charge is 2.25. The Labute approximate surface area is 266 Å². The van der Waals surface area contributed by atoms with Crippen molar-refractivity contribution < 1.29 is 8.42 Å². The fraction of sp³-hybridized carbons (Fsp3) is 0.323. The molecule has 5 aromatic rings. The Hall–Kier alpha value is -3.94. The number of aromatic nitrogens is 5. The van der Waals surface area contributed by atoms with E-state index >= 15 is 0 Å². The number of aryl methyl sites for hydroxylation is 4. The first-order valence-corrected chi connectivity index (χ1v) is 17.2. The van der Waals surface area contributed by atoms with Crippen LogP contribution in [-0.2, 0) is 22.9 Å². The SMILES string of the molecule is CCc1nnc(NS(=O)(=O)c2ccc(CC(=S)N3CCN(c4ncnc5[nH]cc(-c6c(C)cc(C)cc6C)c45)CC3)cc2)s1. The highest BCUT2D eigenvalue weighted by atomic mass is 32.2. The molecule has 0 aliphatic carbocycles. The number of nitrogens with one attached hydrogen (secondary N) is 2. The van der Waals surface area contributed by atoms with Gasteiger partial charge in [-0.2, -0.15) is 0 Å². The van der Waals surface area contributed by atoms with E-state index in [2.05, 4.69) is 67.6 Å². The molecule has 44 heavy (non-hydrogen) atoms. The third-order valence-electron chi connectivity index (χ3n) is 7.91. The lowest BCUT2D eigenvalue weighted by Crippen LogP contribution is -2.49. The molecule has 1 fully saturated rings. The van der Waals surface area contributed by atoms with Crippen LogP contribution in [0.15, 0.2) is 53.8 Å². The van der Waals surface area contributed by atoms with Crippen LogP contribution in [0.25, 0.3) is 22.2 Å². The molecule has 228 valence electrons. The molecule has 0 atom stereocenters. The van der Waals surface area contributed by atoms with Crippen LogP contribution in [0.2, 0.25) is 0 Å². The molecule has 0 bridgehead atoms. The molecule has 2 aromatic carbocycles. The number of piperazine rings is 1. The van der Waals surface area contributed by atoms with Crippen LogP contribution in [0.4, 0.5) is 10.9 Å². The van der Waals surface area contributed by atoms with E-state index in [1.165, 1.54) is 33.6 Å². The van der Waals surface area contributed by atoms with E-state index in [4.69, 9.17) is 17.2 Å². The Morgan fingerprint density at radius 3 is 2.39 bits per heavy atom. The van der Waals surface area contributed by atoms with Crippen molar-refractivity contribution in [2.75, 3.05) is 35.8 Å². The summed E-state index contributed by atoms with van der Waals surface area (Å²) in [6, 6.07) is 11.3. The molecule has 3 aromatic heterocycles. The van der Waals surface area contributed by atoms with Crippen LogP contribution in [-0.4, -0.2) is 69.6 Å². The number of hydrogen-bond acceptors (Lipinski definition) is 9. The van der Waals surface area contributed by atoms with Gasteiger partial charge >= 0.3 is 0 Å². The topological polar surface area (TPSA) is 120 Å². The lowest BCUT2D eigenvalue weighted by atomic mass is 9.94. The normalized spacial score (nSPS) is 13.9. The molecule has 2 N–H and O–H groups in total. The van der Waals surface area contributed by atoms with Gasteiger partial charge in [-0.1, -0.05) is 60.3 Å². The first-order valence-electron chi connectivity index (χ1n) is 14.5. The van der Waals surface area contributed by atoms with Gasteiger partial charge in [-0.15, -0.1) is 10.2 Å². The number of sulfonamides is 1. The van der Waals surface area contributed by atoms with Gasteiger partial charge in [0, 0.05) is 44.4 Å². The fourth-order valence-electron chi connectivity index (χ4n) is 5.84. The highest BCUT2D eigenvalue weighted by molar-refractivity contribution is 7.93. The van der Waals surface area contributed by atoms with Crippen LogP contribution in [0.3, 0.4) is 0 Å². The molecular formula is C31H34N8O2S3. The van der Waals surface area contributed by atoms with Crippen molar-refractivity contribution in [1.29, 1.82) is 0 Å². The largest absolute Gasteiger partial charge is 0.362 e. The Morgan fingerprint density at radius 2 is 1.73 bits per heavy atom. The molecule has 4 heterocycles. The maximum absolute atomic E-state index is 12.8. The van der Waals surface area contributed by atoms with Gasteiger partial charge in [0.2, 0.25) is 5.13 Å². The lowest BCUT2D eigenvalue weighted by Gasteiger charge is -2.37. The van der Waals surface area contributed by atoms with Crippen LogP contribution >= 0.6 is 23.6 Å². The Balaban J connectivity index is 1.12. The van der Waals surface area contributed by atoms with Crippen LogP contribution in [0.5, 0.6) is 0 Å². The van der Waals surface area contributed by atoms with E-state index in [1.807, 2.05) is 25.3 Å². The molecule has 1 aliphatic heterocycles. The van der Waals surface area contributed by atoms with Gasteiger partial charge in [0.15, 0.2) is 0 Å². The van der Waals surface area contributed by atoms with E-state index < -0.39 is 10.0 Å². The summed E-state index contributed by atoms with van der Waals surface area (Å²) in [7, 11) is -3.75. The predicted molar refractivity (Wildman–Crippen MR) is 180 cm³/mol. The minimum absolute atomic E-state index is 0.172. The summed E-state index contributed by atoms with van der Waals surface area (Å²) in [5.41, 5.74) is 7.85. The Bertz CT molecular complexity index is 1920. The zero-order chi connectivity index (χ0) is 31.0. The second-order valence-corrected chi connectivity index (χ2v) is 14.3. The summed E-state index contributed by atoms with van der Waals surface area (Å²) in [4.78, 5) is 18.2. The fourth-order valence-corrected chi connectivity index (χ4v) is 8.10. The predicted octanol–water partition coefficient (Wildman–Crippen LogP) is 5.46. The number of fused-ring (bicyclic) bond motifs is 1. The average Bonchev–Trinajstić information content (AvgIpc) is 3.64. The van der Waals surface area contributed by atoms with Gasteiger partial charge in [0.05, 0.1) is 15.3 Å². The Morgan fingerprint density at radius 1 is 1.02 bits per heavy atom. The summed E-state index contributed by atoms with van der Waals surface area (Å²) in [5, 5.41) is 9.97. The van der Waals surface area contributed by atoms with E-state index in [-0.39, 0.29) is 10.0 Å². The molecule has 1 saturated heterocycles. The Kier molecular flexibility index (Phi) is 8.36. The first kappa shape index (κ1) is 30.1. The maximum Gasteiger partial charge on any atom is 0.263 e. The minimum Gasteiger partial charge on any atom is -0.362 e. The second-order valence-electron chi connectivity index (χ2n) is 11.0.